The molecule has 0 radical (unpaired) electrons. The van der Waals surface area contributed by atoms with Crippen molar-refractivity contribution < 1.29 is 4.79 Å². The zero-order chi connectivity index (χ0) is 18.4. The normalized spacial score (nSPS) is 35.9. The van der Waals surface area contributed by atoms with Gasteiger partial charge < -0.3 is 10.2 Å². The first kappa shape index (κ1) is 17.5. The van der Waals surface area contributed by atoms with E-state index in [2.05, 4.69) is 47.3 Å². The molecule has 144 valence electrons. The van der Waals surface area contributed by atoms with Crippen molar-refractivity contribution in [2.45, 2.75) is 69.9 Å². The molecule has 27 heavy (non-hydrogen) atoms. The van der Waals surface area contributed by atoms with E-state index in [1.165, 1.54) is 56.3 Å². The lowest BCUT2D eigenvalue weighted by Crippen LogP contribution is -2.31. The molecule has 1 aromatic rings. The van der Waals surface area contributed by atoms with Crippen molar-refractivity contribution in [2.24, 2.45) is 17.8 Å². The SMILES string of the molecule is C[C@@H]1CCCN1CCc1ccc([C@@H]2CC[C@@H]3C(=C=O)NC(C4CC4)[C@@H]32)cc1. The lowest BCUT2D eigenvalue weighted by Gasteiger charge is -2.25. The van der Waals surface area contributed by atoms with Crippen LogP contribution in [0.5, 0.6) is 0 Å². The molecular formula is C24H32N2O. The second-order valence-electron chi connectivity index (χ2n) is 9.41. The average Bonchev–Trinajstić information content (AvgIpc) is 3.14. The fraction of sp³-hybridized carbons (Fsp3) is 0.667. The lowest BCUT2D eigenvalue weighted by molar-refractivity contribution is 0.272. The molecule has 1 N–H and O–H groups in total. The first-order valence-electron chi connectivity index (χ1n) is 11.1. The van der Waals surface area contributed by atoms with Gasteiger partial charge >= 0.3 is 0 Å². The highest BCUT2D eigenvalue weighted by Crippen LogP contribution is 2.55. The van der Waals surface area contributed by atoms with Crippen LogP contribution in [0.1, 0.15) is 62.5 Å². The Balaban J connectivity index is 1.28. The Hall–Kier alpha value is -1.57. The van der Waals surface area contributed by atoms with Crippen molar-refractivity contribution >= 4 is 5.94 Å². The van der Waals surface area contributed by atoms with Crippen molar-refractivity contribution in [3.63, 3.8) is 0 Å². The van der Waals surface area contributed by atoms with Gasteiger partial charge in [0, 0.05) is 24.5 Å². The molecule has 1 aromatic carbocycles. The molecule has 3 heteroatoms. The van der Waals surface area contributed by atoms with Gasteiger partial charge in [0.1, 0.15) is 5.94 Å². The van der Waals surface area contributed by atoms with Crippen LogP contribution >= 0.6 is 0 Å². The maximum Gasteiger partial charge on any atom is 0.145 e. The summed E-state index contributed by atoms with van der Waals surface area (Å²) in [7, 11) is 0. The van der Waals surface area contributed by atoms with Crippen LogP contribution in [0, 0.1) is 17.8 Å². The van der Waals surface area contributed by atoms with E-state index in [-0.39, 0.29) is 0 Å². The van der Waals surface area contributed by atoms with Gasteiger partial charge in [-0.15, -0.1) is 0 Å². The minimum Gasteiger partial charge on any atom is -0.376 e. The van der Waals surface area contributed by atoms with E-state index in [4.69, 9.17) is 0 Å². The number of carbonyl (C=O) groups excluding carboxylic acids is 1. The largest absolute Gasteiger partial charge is 0.376 e. The highest BCUT2D eigenvalue weighted by molar-refractivity contribution is 5.55. The Morgan fingerprint density at radius 2 is 1.85 bits per heavy atom. The van der Waals surface area contributed by atoms with Crippen LogP contribution in [0.4, 0.5) is 0 Å². The summed E-state index contributed by atoms with van der Waals surface area (Å²) in [5.74, 6) is 4.64. The van der Waals surface area contributed by atoms with Crippen LogP contribution in [-0.4, -0.2) is 36.0 Å². The molecule has 5 atom stereocenters. The molecule has 4 fully saturated rings. The Bertz CT molecular complexity index is 731. The van der Waals surface area contributed by atoms with Crippen LogP contribution in [0.3, 0.4) is 0 Å². The number of hydrogen-bond donors (Lipinski definition) is 1. The summed E-state index contributed by atoms with van der Waals surface area (Å²) >= 11 is 0. The number of allylic oxidation sites excluding steroid dienone is 1. The van der Waals surface area contributed by atoms with Gasteiger partial charge in [0.15, 0.2) is 0 Å². The molecule has 0 spiro atoms. The number of likely N-dealkylation sites (tertiary alicyclic amines) is 1. The highest BCUT2D eigenvalue weighted by atomic mass is 16.1. The van der Waals surface area contributed by atoms with Crippen molar-refractivity contribution in [3.05, 3.63) is 41.1 Å². The Kier molecular flexibility index (Phi) is 4.61. The zero-order valence-electron chi connectivity index (χ0n) is 16.5. The first-order chi connectivity index (χ1) is 13.2. The fourth-order valence-corrected chi connectivity index (χ4v) is 6.16. The number of hydrogen-bond acceptors (Lipinski definition) is 3. The molecule has 0 aromatic heterocycles. The maximum atomic E-state index is 11.4. The van der Waals surface area contributed by atoms with Crippen molar-refractivity contribution in [3.8, 4) is 0 Å². The van der Waals surface area contributed by atoms with Crippen LogP contribution in [-0.2, 0) is 11.2 Å². The molecular weight excluding hydrogens is 332 g/mol. The highest BCUT2D eigenvalue weighted by Gasteiger charge is 2.53. The lowest BCUT2D eigenvalue weighted by atomic mass is 9.80. The second-order valence-corrected chi connectivity index (χ2v) is 9.41. The molecule has 0 amide bonds. The second kappa shape index (κ2) is 7.11. The topological polar surface area (TPSA) is 32.3 Å². The van der Waals surface area contributed by atoms with E-state index < -0.39 is 0 Å². The van der Waals surface area contributed by atoms with Gasteiger partial charge in [-0.3, -0.25) is 0 Å². The number of fused-ring (bicyclic) bond motifs is 1. The summed E-state index contributed by atoms with van der Waals surface area (Å²) in [4.78, 5) is 14.0. The predicted octanol–water partition coefficient (Wildman–Crippen LogP) is 3.92. The summed E-state index contributed by atoms with van der Waals surface area (Å²) in [6.45, 7) is 4.82. The van der Waals surface area contributed by atoms with Gasteiger partial charge in [-0.05, 0) is 87.3 Å². The predicted molar refractivity (Wildman–Crippen MR) is 108 cm³/mol. The molecule has 4 aliphatic rings. The smallest absolute Gasteiger partial charge is 0.145 e. The maximum absolute atomic E-state index is 11.4. The molecule has 2 aliphatic heterocycles. The molecule has 2 saturated carbocycles. The standard InChI is InChI=1S/C24H32N2O/c1-16-3-2-13-26(16)14-12-17-4-6-18(7-5-17)20-10-11-21-22(15-27)25-24(23(20)21)19-8-9-19/h4-7,16,19-21,23-25H,2-3,8-14H2,1H3/t16-,20+,21-,23-,24?/m1/s1. The zero-order valence-corrected chi connectivity index (χ0v) is 16.5. The van der Waals surface area contributed by atoms with Gasteiger partial charge in [-0.1, -0.05) is 24.3 Å². The van der Waals surface area contributed by atoms with Crippen molar-refractivity contribution in [1.82, 2.24) is 10.2 Å². The Labute approximate surface area is 163 Å². The van der Waals surface area contributed by atoms with E-state index >= 15 is 0 Å². The molecule has 3 nitrogen and oxygen atoms in total. The first-order valence-corrected chi connectivity index (χ1v) is 11.1. The molecule has 0 bridgehead atoms. The minimum atomic E-state index is 0.425. The minimum absolute atomic E-state index is 0.425. The van der Waals surface area contributed by atoms with Crippen LogP contribution in [0.15, 0.2) is 30.0 Å². The third-order valence-corrected chi connectivity index (χ3v) is 7.85. The molecule has 2 aliphatic carbocycles. The molecule has 2 heterocycles. The van der Waals surface area contributed by atoms with E-state index in [0.717, 1.165) is 30.5 Å². The third-order valence-electron chi connectivity index (χ3n) is 7.85. The van der Waals surface area contributed by atoms with E-state index in [1.54, 1.807) is 0 Å². The average molecular weight is 365 g/mol. The quantitative estimate of drug-likeness (QED) is 0.804. The third kappa shape index (κ3) is 3.26. The number of nitrogens with one attached hydrogen (secondary N) is 1. The van der Waals surface area contributed by atoms with Gasteiger partial charge in [0.05, 0.1) is 5.70 Å². The summed E-state index contributed by atoms with van der Waals surface area (Å²) in [6.07, 6.45) is 8.89. The van der Waals surface area contributed by atoms with Crippen LogP contribution in [0.2, 0.25) is 0 Å². The molecule has 2 saturated heterocycles. The fourth-order valence-electron chi connectivity index (χ4n) is 6.16. The van der Waals surface area contributed by atoms with Crippen LogP contribution in [0.25, 0.3) is 0 Å². The Morgan fingerprint density at radius 1 is 1.07 bits per heavy atom. The summed E-state index contributed by atoms with van der Waals surface area (Å²) in [5.41, 5.74) is 3.82. The summed E-state index contributed by atoms with van der Waals surface area (Å²) in [6, 6.07) is 10.7. The van der Waals surface area contributed by atoms with Crippen molar-refractivity contribution in [1.29, 1.82) is 0 Å². The number of benzene rings is 1. The summed E-state index contributed by atoms with van der Waals surface area (Å²) in [5, 5.41) is 3.56. The number of nitrogens with zero attached hydrogens (tertiary/aromatic N) is 1. The van der Waals surface area contributed by atoms with E-state index in [0.29, 0.717) is 23.8 Å². The van der Waals surface area contributed by atoms with Gasteiger partial charge in [-0.25, -0.2) is 4.79 Å². The van der Waals surface area contributed by atoms with E-state index in [1.807, 2.05) is 0 Å². The van der Waals surface area contributed by atoms with Crippen LogP contribution < -0.4 is 5.32 Å². The van der Waals surface area contributed by atoms with Gasteiger partial charge in [0.2, 0.25) is 0 Å². The van der Waals surface area contributed by atoms with Gasteiger partial charge in [0.25, 0.3) is 0 Å². The Morgan fingerprint density at radius 3 is 2.52 bits per heavy atom. The van der Waals surface area contributed by atoms with Gasteiger partial charge in [-0.2, -0.15) is 0 Å². The van der Waals surface area contributed by atoms with E-state index in [9.17, 15) is 4.79 Å². The monoisotopic (exact) mass is 364 g/mol. The summed E-state index contributed by atoms with van der Waals surface area (Å²) < 4.78 is 0. The number of rotatable bonds is 5. The van der Waals surface area contributed by atoms with Crippen molar-refractivity contribution in [2.75, 3.05) is 13.1 Å². The molecule has 5 rings (SSSR count). The molecule has 1 unspecified atom stereocenters.